The predicted octanol–water partition coefficient (Wildman–Crippen LogP) is 1.74. The van der Waals surface area contributed by atoms with Gasteiger partial charge in [-0.05, 0) is 17.7 Å². The molecule has 2 rings (SSSR count). The van der Waals surface area contributed by atoms with E-state index in [9.17, 15) is 9.18 Å². The highest BCUT2D eigenvalue weighted by molar-refractivity contribution is 5.90. The highest BCUT2D eigenvalue weighted by Crippen LogP contribution is 2.03. The molecule has 1 amide bonds. The molecule has 1 aromatic carbocycles. The summed E-state index contributed by atoms with van der Waals surface area (Å²) in [5.74, 6) is -0.491. The fraction of sp³-hybridized carbons (Fsp3) is 0.0909. The van der Waals surface area contributed by atoms with Crippen molar-refractivity contribution < 1.29 is 13.6 Å². The van der Waals surface area contributed by atoms with Crippen molar-refractivity contribution in [2.24, 2.45) is 0 Å². The number of nitrogens with one attached hydrogen (secondary N) is 1. The maximum atomic E-state index is 12.6. The first-order chi connectivity index (χ1) is 7.75. The molecule has 0 aliphatic carbocycles. The van der Waals surface area contributed by atoms with Gasteiger partial charge in [0.15, 0.2) is 6.39 Å². The lowest BCUT2D eigenvalue weighted by molar-refractivity contribution is 0.0923. The van der Waals surface area contributed by atoms with Crippen LogP contribution in [0.2, 0.25) is 0 Å². The summed E-state index contributed by atoms with van der Waals surface area (Å²) in [5.41, 5.74) is 0.814. The lowest BCUT2D eigenvalue weighted by Gasteiger charge is -2.02. The van der Waals surface area contributed by atoms with Crippen molar-refractivity contribution in [3.63, 3.8) is 0 Å². The average Bonchev–Trinajstić information content (AvgIpc) is 2.81. The molecular weight excluding hydrogens is 211 g/mol. The van der Waals surface area contributed by atoms with Crippen LogP contribution in [0, 0.1) is 5.82 Å². The molecule has 0 spiro atoms. The normalized spacial score (nSPS) is 10.1. The standard InChI is InChI=1S/C11H9FN2O2/c12-9-3-1-8(2-4-9)5-14-11(15)10-6-13-7-16-10/h1-4,6-7H,5H2,(H,14,15). The van der Waals surface area contributed by atoms with Crippen molar-refractivity contribution in [2.45, 2.75) is 6.54 Å². The van der Waals surface area contributed by atoms with Gasteiger partial charge in [0.2, 0.25) is 5.76 Å². The van der Waals surface area contributed by atoms with E-state index in [1.165, 1.54) is 24.7 Å². The molecule has 0 aliphatic rings. The van der Waals surface area contributed by atoms with Crippen molar-refractivity contribution in [1.82, 2.24) is 10.3 Å². The van der Waals surface area contributed by atoms with Gasteiger partial charge in [-0.3, -0.25) is 4.79 Å². The van der Waals surface area contributed by atoms with Crippen LogP contribution in [0.3, 0.4) is 0 Å². The third-order valence-corrected chi connectivity index (χ3v) is 2.02. The van der Waals surface area contributed by atoms with Crippen LogP contribution in [0.1, 0.15) is 16.1 Å². The zero-order valence-corrected chi connectivity index (χ0v) is 8.31. The van der Waals surface area contributed by atoms with Gasteiger partial charge in [-0.25, -0.2) is 9.37 Å². The lowest BCUT2D eigenvalue weighted by Crippen LogP contribution is -2.22. The molecule has 82 valence electrons. The monoisotopic (exact) mass is 220 g/mol. The van der Waals surface area contributed by atoms with E-state index < -0.39 is 0 Å². The Morgan fingerprint density at radius 1 is 1.38 bits per heavy atom. The van der Waals surface area contributed by atoms with Gasteiger partial charge in [-0.1, -0.05) is 12.1 Å². The molecule has 0 radical (unpaired) electrons. The van der Waals surface area contributed by atoms with Crippen molar-refractivity contribution >= 4 is 5.91 Å². The van der Waals surface area contributed by atoms with E-state index in [1.807, 2.05) is 0 Å². The molecule has 0 aliphatic heterocycles. The third-order valence-electron chi connectivity index (χ3n) is 2.02. The second-order valence-electron chi connectivity index (χ2n) is 3.17. The molecule has 0 atom stereocenters. The molecule has 0 unspecified atom stereocenters. The van der Waals surface area contributed by atoms with Crippen molar-refractivity contribution in [3.05, 3.63) is 54.0 Å². The Morgan fingerprint density at radius 3 is 2.75 bits per heavy atom. The third kappa shape index (κ3) is 2.44. The van der Waals surface area contributed by atoms with E-state index in [0.29, 0.717) is 6.54 Å². The van der Waals surface area contributed by atoms with Crippen molar-refractivity contribution in [2.75, 3.05) is 0 Å². The molecule has 1 aromatic heterocycles. The first-order valence-electron chi connectivity index (χ1n) is 4.67. The first kappa shape index (κ1) is 10.4. The number of aromatic nitrogens is 1. The van der Waals surface area contributed by atoms with E-state index in [0.717, 1.165) is 5.56 Å². The number of hydrogen-bond acceptors (Lipinski definition) is 3. The number of rotatable bonds is 3. The minimum absolute atomic E-state index is 0.155. The Balaban J connectivity index is 1.93. The van der Waals surface area contributed by atoms with Gasteiger partial charge in [0.05, 0.1) is 6.20 Å². The zero-order valence-electron chi connectivity index (χ0n) is 8.31. The van der Waals surface area contributed by atoms with Gasteiger partial charge >= 0.3 is 0 Å². The Bertz CT molecular complexity index is 465. The maximum Gasteiger partial charge on any atom is 0.288 e. The van der Waals surface area contributed by atoms with E-state index in [2.05, 4.69) is 10.3 Å². The highest BCUT2D eigenvalue weighted by atomic mass is 19.1. The van der Waals surface area contributed by atoms with Gasteiger partial charge in [-0.2, -0.15) is 0 Å². The fourth-order valence-electron chi connectivity index (χ4n) is 1.20. The summed E-state index contributed by atoms with van der Waals surface area (Å²) in [6, 6.07) is 5.90. The summed E-state index contributed by atoms with van der Waals surface area (Å²) in [6.45, 7) is 0.319. The Hall–Kier alpha value is -2.17. The quantitative estimate of drug-likeness (QED) is 0.857. The van der Waals surface area contributed by atoms with Crippen molar-refractivity contribution in [3.8, 4) is 0 Å². The first-order valence-corrected chi connectivity index (χ1v) is 4.67. The molecule has 0 saturated heterocycles. The number of carbonyl (C=O) groups excluding carboxylic acids is 1. The van der Waals surface area contributed by atoms with Crippen LogP contribution in [0.4, 0.5) is 4.39 Å². The summed E-state index contributed by atoms with van der Waals surface area (Å²) < 4.78 is 17.4. The highest BCUT2D eigenvalue weighted by Gasteiger charge is 2.07. The second-order valence-corrected chi connectivity index (χ2v) is 3.17. The molecule has 4 nitrogen and oxygen atoms in total. The predicted molar refractivity (Wildman–Crippen MR) is 54.1 cm³/mol. The molecule has 0 fully saturated rings. The van der Waals surface area contributed by atoms with E-state index in [1.54, 1.807) is 12.1 Å². The van der Waals surface area contributed by atoms with Crippen LogP contribution < -0.4 is 5.32 Å². The van der Waals surface area contributed by atoms with E-state index >= 15 is 0 Å². The molecule has 1 N–H and O–H groups in total. The molecule has 5 heteroatoms. The Morgan fingerprint density at radius 2 is 2.12 bits per heavy atom. The van der Waals surface area contributed by atoms with Gasteiger partial charge in [0, 0.05) is 6.54 Å². The van der Waals surface area contributed by atoms with Crippen LogP contribution in [-0.4, -0.2) is 10.9 Å². The Labute approximate surface area is 91.1 Å². The summed E-state index contributed by atoms with van der Waals surface area (Å²) >= 11 is 0. The number of amides is 1. The smallest absolute Gasteiger partial charge is 0.288 e. The molecule has 0 bridgehead atoms. The van der Waals surface area contributed by atoms with Crippen molar-refractivity contribution in [1.29, 1.82) is 0 Å². The van der Waals surface area contributed by atoms with E-state index in [4.69, 9.17) is 4.42 Å². The summed E-state index contributed by atoms with van der Waals surface area (Å²) in [5, 5.41) is 2.63. The summed E-state index contributed by atoms with van der Waals surface area (Å²) in [7, 11) is 0. The van der Waals surface area contributed by atoms with Gasteiger partial charge in [-0.15, -0.1) is 0 Å². The molecular formula is C11H9FN2O2. The molecule has 2 aromatic rings. The number of carbonyl (C=O) groups is 1. The number of hydrogen-bond donors (Lipinski definition) is 1. The topological polar surface area (TPSA) is 55.1 Å². The van der Waals surface area contributed by atoms with Crippen LogP contribution >= 0.6 is 0 Å². The van der Waals surface area contributed by atoms with Crippen LogP contribution in [0.5, 0.6) is 0 Å². The Kier molecular flexibility index (Phi) is 2.95. The van der Waals surface area contributed by atoms with Crippen LogP contribution in [-0.2, 0) is 6.54 Å². The largest absolute Gasteiger partial charge is 0.438 e. The van der Waals surface area contributed by atoms with Gasteiger partial charge in [0.25, 0.3) is 5.91 Å². The zero-order chi connectivity index (χ0) is 11.4. The summed E-state index contributed by atoms with van der Waals surface area (Å²) in [4.78, 5) is 15.1. The average molecular weight is 220 g/mol. The molecule has 16 heavy (non-hydrogen) atoms. The number of oxazole rings is 1. The van der Waals surface area contributed by atoms with Gasteiger partial charge < -0.3 is 9.73 Å². The lowest BCUT2D eigenvalue weighted by atomic mass is 10.2. The number of benzene rings is 1. The van der Waals surface area contributed by atoms with Crippen LogP contribution in [0.15, 0.2) is 41.3 Å². The SMILES string of the molecule is O=C(NCc1ccc(F)cc1)c1cnco1. The minimum atomic E-state index is -0.346. The molecule has 0 saturated carbocycles. The maximum absolute atomic E-state index is 12.6. The minimum Gasteiger partial charge on any atom is -0.438 e. The van der Waals surface area contributed by atoms with E-state index in [-0.39, 0.29) is 17.5 Å². The van der Waals surface area contributed by atoms with Gasteiger partial charge in [0.1, 0.15) is 5.82 Å². The summed E-state index contributed by atoms with van der Waals surface area (Å²) in [6.07, 6.45) is 2.52. The second kappa shape index (κ2) is 4.57. The molecule has 1 heterocycles. The number of nitrogens with zero attached hydrogens (tertiary/aromatic N) is 1. The number of halogens is 1. The fourth-order valence-corrected chi connectivity index (χ4v) is 1.20. The van der Waals surface area contributed by atoms with Crippen LogP contribution in [0.25, 0.3) is 0 Å².